The predicted molar refractivity (Wildman–Crippen MR) is 48.7 cm³/mol. The molecule has 1 aromatic carbocycles. The first-order valence-corrected chi connectivity index (χ1v) is 3.91. The molecule has 0 N–H and O–H groups in total. The molecular formula is C10H5NO3. The predicted octanol–water partition coefficient (Wildman–Crippen LogP) is 1.91. The average Bonchev–Trinajstić information content (AvgIpc) is 2.61. The monoisotopic (exact) mass is 187 g/mol. The number of aliphatic imine (C=N–C) groups is 1. The maximum atomic E-state index is 11.2. The molecule has 0 saturated heterocycles. The van der Waals surface area contributed by atoms with Crippen molar-refractivity contribution in [1.29, 1.82) is 0 Å². The molecule has 0 unspecified atom stereocenters. The van der Waals surface area contributed by atoms with Crippen LogP contribution in [-0.4, -0.2) is 12.0 Å². The Balaban J connectivity index is 2.64. The molecule has 14 heavy (non-hydrogen) atoms. The van der Waals surface area contributed by atoms with E-state index in [0.717, 1.165) is 0 Å². The van der Waals surface area contributed by atoms with Crippen LogP contribution >= 0.6 is 0 Å². The number of rotatable bonds is 1. The molecule has 1 amide bonds. The van der Waals surface area contributed by atoms with Crippen molar-refractivity contribution >= 4 is 23.0 Å². The molecule has 0 aliphatic rings. The van der Waals surface area contributed by atoms with Crippen molar-refractivity contribution in [2.24, 2.45) is 4.99 Å². The number of para-hydroxylation sites is 1. The summed E-state index contributed by atoms with van der Waals surface area (Å²) < 4.78 is 5.11. The third-order valence-electron chi connectivity index (χ3n) is 1.86. The van der Waals surface area contributed by atoms with Gasteiger partial charge in [0.15, 0.2) is 0 Å². The minimum absolute atomic E-state index is 0.281. The second kappa shape index (κ2) is 3.28. The smallest absolute Gasteiger partial charge is 0.291 e. The fourth-order valence-electron chi connectivity index (χ4n) is 1.25. The topological polar surface area (TPSA) is 59.6 Å². The second-order valence-corrected chi connectivity index (χ2v) is 2.65. The van der Waals surface area contributed by atoms with E-state index in [0.29, 0.717) is 11.0 Å². The van der Waals surface area contributed by atoms with Crippen molar-refractivity contribution in [2.45, 2.75) is 0 Å². The van der Waals surface area contributed by atoms with Gasteiger partial charge in [-0.2, -0.15) is 0 Å². The van der Waals surface area contributed by atoms with Gasteiger partial charge in [0.2, 0.25) is 6.08 Å². The molecule has 2 aromatic rings. The van der Waals surface area contributed by atoms with Gasteiger partial charge < -0.3 is 4.42 Å². The summed E-state index contributed by atoms with van der Waals surface area (Å²) in [6.07, 6.45) is 2.49. The van der Waals surface area contributed by atoms with Crippen molar-refractivity contribution in [3.8, 4) is 0 Å². The van der Waals surface area contributed by atoms with Gasteiger partial charge in [-0.3, -0.25) is 4.79 Å². The first kappa shape index (κ1) is 8.41. The Kier molecular flexibility index (Phi) is 1.97. The maximum absolute atomic E-state index is 11.2. The number of amides is 1. The fourth-order valence-corrected chi connectivity index (χ4v) is 1.25. The lowest BCUT2D eigenvalue weighted by atomic mass is 10.2. The van der Waals surface area contributed by atoms with Crippen LogP contribution in [0.25, 0.3) is 11.0 Å². The highest BCUT2D eigenvalue weighted by molar-refractivity contribution is 6.07. The number of fused-ring (bicyclic) bond motifs is 1. The normalized spacial score (nSPS) is 9.71. The van der Waals surface area contributed by atoms with E-state index in [-0.39, 0.29) is 5.56 Å². The number of isocyanates is 1. The largest absolute Gasteiger partial charge is 0.463 e. The Morgan fingerprint density at radius 2 is 2.14 bits per heavy atom. The summed E-state index contributed by atoms with van der Waals surface area (Å²) in [6, 6.07) is 7.03. The summed E-state index contributed by atoms with van der Waals surface area (Å²) in [4.78, 5) is 24.1. The van der Waals surface area contributed by atoms with Crippen LogP contribution in [-0.2, 0) is 4.79 Å². The van der Waals surface area contributed by atoms with E-state index in [1.807, 2.05) is 0 Å². The standard InChI is InChI=1S/C10H5NO3/c12-6-11-10(13)8-5-14-9-4-2-1-3-7(8)9/h1-5H. The van der Waals surface area contributed by atoms with Crippen molar-refractivity contribution in [1.82, 2.24) is 0 Å². The van der Waals surface area contributed by atoms with E-state index in [2.05, 4.69) is 4.99 Å². The minimum Gasteiger partial charge on any atom is -0.463 e. The van der Waals surface area contributed by atoms with Gasteiger partial charge in [0.25, 0.3) is 5.91 Å². The molecule has 0 radical (unpaired) electrons. The molecule has 0 aliphatic carbocycles. The van der Waals surface area contributed by atoms with Crippen molar-refractivity contribution < 1.29 is 14.0 Å². The molecule has 4 heteroatoms. The number of hydrogen-bond acceptors (Lipinski definition) is 3. The summed E-state index contributed by atoms with van der Waals surface area (Å²) >= 11 is 0. The van der Waals surface area contributed by atoms with Gasteiger partial charge in [0, 0.05) is 5.39 Å². The third-order valence-corrected chi connectivity index (χ3v) is 1.86. The molecule has 4 nitrogen and oxygen atoms in total. The molecule has 0 spiro atoms. The number of furan rings is 1. The van der Waals surface area contributed by atoms with E-state index in [1.54, 1.807) is 24.3 Å². The minimum atomic E-state index is -0.634. The lowest BCUT2D eigenvalue weighted by Crippen LogP contribution is -1.91. The number of nitrogens with zero attached hydrogens (tertiary/aromatic N) is 1. The van der Waals surface area contributed by atoms with Crippen LogP contribution in [0.15, 0.2) is 39.9 Å². The van der Waals surface area contributed by atoms with E-state index in [1.165, 1.54) is 12.3 Å². The lowest BCUT2D eigenvalue weighted by Gasteiger charge is -1.87. The van der Waals surface area contributed by atoms with Gasteiger partial charge in [-0.25, -0.2) is 4.79 Å². The molecule has 1 heterocycles. The SMILES string of the molecule is O=C=NC(=O)c1coc2ccccc12. The van der Waals surface area contributed by atoms with E-state index in [4.69, 9.17) is 4.42 Å². The summed E-state index contributed by atoms with van der Waals surface area (Å²) in [5, 5.41) is 0.650. The zero-order chi connectivity index (χ0) is 9.97. The lowest BCUT2D eigenvalue weighted by molar-refractivity contribution is 0.100. The summed E-state index contributed by atoms with van der Waals surface area (Å²) in [5.41, 5.74) is 0.876. The summed E-state index contributed by atoms with van der Waals surface area (Å²) in [7, 11) is 0. The van der Waals surface area contributed by atoms with E-state index in [9.17, 15) is 9.59 Å². The molecule has 0 bridgehead atoms. The zero-order valence-corrected chi connectivity index (χ0v) is 7.06. The fraction of sp³-hybridized carbons (Fsp3) is 0. The zero-order valence-electron chi connectivity index (χ0n) is 7.06. The molecule has 1 aromatic heterocycles. The quantitative estimate of drug-likeness (QED) is 0.506. The number of carbonyl (C=O) groups excluding carboxylic acids is 2. The van der Waals surface area contributed by atoms with Crippen LogP contribution in [0, 0.1) is 0 Å². The Labute approximate surface area is 78.9 Å². The van der Waals surface area contributed by atoms with Crippen LogP contribution in [0.2, 0.25) is 0 Å². The Morgan fingerprint density at radius 3 is 2.93 bits per heavy atom. The number of benzene rings is 1. The first-order chi connectivity index (χ1) is 6.83. The van der Waals surface area contributed by atoms with Crippen molar-refractivity contribution in [2.75, 3.05) is 0 Å². The highest BCUT2D eigenvalue weighted by Crippen LogP contribution is 2.20. The van der Waals surface area contributed by atoms with Gasteiger partial charge in [0.1, 0.15) is 11.8 Å². The van der Waals surface area contributed by atoms with Crippen molar-refractivity contribution in [3.63, 3.8) is 0 Å². The molecule has 0 aliphatic heterocycles. The summed E-state index contributed by atoms with van der Waals surface area (Å²) in [5.74, 6) is -0.634. The molecular weight excluding hydrogens is 182 g/mol. The van der Waals surface area contributed by atoms with Crippen LogP contribution in [0.3, 0.4) is 0 Å². The highest BCUT2D eigenvalue weighted by atomic mass is 16.3. The Morgan fingerprint density at radius 1 is 1.36 bits per heavy atom. The average molecular weight is 187 g/mol. The third kappa shape index (κ3) is 1.24. The maximum Gasteiger partial charge on any atom is 0.291 e. The molecule has 0 saturated carbocycles. The molecule has 0 fully saturated rings. The Bertz CT molecular complexity index is 535. The van der Waals surface area contributed by atoms with Gasteiger partial charge in [0.05, 0.1) is 5.56 Å². The van der Waals surface area contributed by atoms with Crippen molar-refractivity contribution in [3.05, 3.63) is 36.1 Å². The molecule has 2 rings (SSSR count). The van der Waals surface area contributed by atoms with Crippen LogP contribution in [0.1, 0.15) is 10.4 Å². The second-order valence-electron chi connectivity index (χ2n) is 2.65. The van der Waals surface area contributed by atoms with Gasteiger partial charge in [-0.1, -0.05) is 18.2 Å². The van der Waals surface area contributed by atoms with Gasteiger partial charge >= 0.3 is 0 Å². The van der Waals surface area contributed by atoms with E-state index >= 15 is 0 Å². The molecule has 68 valence electrons. The van der Waals surface area contributed by atoms with Gasteiger partial charge in [-0.15, -0.1) is 4.99 Å². The number of carbonyl (C=O) groups is 1. The molecule has 0 atom stereocenters. The van der Waals surface area contributed by atoms with Crippen LogP contribution in [0.4, 0.5) is 0 Å². The van der Waals surface area contributed by atoms with Crippen LogP contribution in [0.5, 0.6) is 0 Å². The van der Waals surface area contributed by atoms with Crippen LogP contribution < -0.4 is 0 Å². The van der Waals surface area contributed by atoms with Gasteiger partial charge in [-0.05, 0) is 6.07 Å². The Hall–Kier alpha value is -2.19. The van der Waals surface area contributed by atoms with E-state index < -0.39 is 5.91 Å². The number of hydrogen-bond donors (Lipinski definition) is 0. The first-order valence-electron chi connectivity index (χ1n) is 3.91. The summed E-state index contributed by atoms with van der Waals surface area (Å²) in [6.45, 7) is 0. The highest BCUT2D eigenvalue weighted by Gasteiger charge is 2.11.